The Balaban J connectivity index is 0.000000640. The van der Waals surface area contributed by atoms with Gasteiger partial charge in [-0.15, -0.1) is 0 Å². The van der Waals surface area contributed by atoms with E-state index in [1.165, 1.54) is 4.68 Å². The zero-order chi connectivity index (χ0) is 6.15. The number of nitrogens with zero attached hydrogens (tertiary/aromatic N) is 2. The van der Waals surface area contributed by atoms with Crippen LogP contribution in [0.15, 0.2) is 6.07 Å². The number of aromatic hydroxyl groups is 1. The molecule has 4 heteroatoms. The van der Waals surface area contributed by atoms with Crippen LogP contribution >= 0.6 is 0 Å². The Morgan fingerprint density at radius 2 is 2.22 bits per heavy atom. The van der Waals surface area contributed by atoms with Gasteiger partial charge in [-0.3, -0.25) is 0 Å². The number of hydrogen-bond acceptors (Lipinski definition) is 2. The molecule has 0 bridgehead atoms. The fourth-order valence-electron chi connectivity index (χ4n) is 0.597. The van der Waals surface area contributed by atoms with E-state index in [9.17, 15) is 0 Å². The van der Waals surface area contributed by atoms with Crippen LogP contribution in [-0.2, 0) is 27.5 Å². The first kappa shape index (κ1) is 8.67. The Hall–Kier alpha value is -0.328. The van der Waals surface area contributed by atoms with Crippen LogP contribution in [0.2, 0.25) is 0 Å². The number of aromatic nitrogens is 2. The third-order valence-corrected chi connectivity index (χ3v) is 0.977. The molecular weight excluding hydrogens is 290 g/mol. The maximum Gasteiger partial charge on any atom is 0.209 e. The van der Waals surface area contributed by atoms with Gasteiger partial charge in [0.2, 0.25) is 5.88 Å². The minimum atomic E-state index is 0. The van der Waals surface area contributed by atoms with Gasteiger partial charge in [0.15, 0.2) is 0 Å². The first-order chi connectivity index (χ1) is 3.70. The minimum absolute atomic E-state index is 0. The van der Waals surface area contributed by atoms with Crippen LogP contribution in [0.5, 0.6) is 5.88 Å². The smallest absolute Gasteiger partial charge is 0.209 e. The topological polar surface area (TPSA) is 38.0 Å². The predicted octanol–water partition coefficient (Wildman–Crippen LogP) is 0.432. The van der Waals surface area contributed by atoms with Gasteiger partial charge >= 0.3 is 0 Å². The summed E-state index contributed by atoms with van der Waals surface area (Å²) >= 11 is 0. The maximum absolute atomic E-state index is 8.84. The minimum Gasteiger partial charge on any atom is -0.493 e. The molecule has 0 fully saturated rings. The van der Waals surface area contributed by atoms with Gasteiger partial charge < -0.3 is 5.11 Å². The van der Waals surface area contributed by atoms with E-state index in [-0.39, 0.29) is 26.3 Å². The average molecular weight is 298 g/mol. The number of aryl methyl sites for hydroxylation is 2. The normalized spacial score (nSPS) is 8.67. The van der Waals surface area contributed by atoms with E-state index in [1.807, 2.05) is 6.92 Å². The second-order valence-corrected chi connectivity index (χ2v) is 1.77. The Morgan fingerprint density at radius 1 is 1.67 bits per heavy atom. The summed E-state index contributed by atoms with van der Waals surface area (Å²) < 4.78 is 1.43. The fourth-order valence-corrected chi connectivity index (χ4v) is 0.597. The van der Waals surface area contributed by atoms with Crippen molar-refractivity contribution in [1.29, 1.82) is 0 Å². The quantitative estimate of drug-likeness (QED) is 0.754. The molecule has 1 heterocycles. The van der Waals surface area contributed by atoms with E-state index in [1.54, 1.807) is 13.1 Å². The van der Waals surface area contributed by atoms with Crippen molar-refractivity contribution >= 4 is 0 Å². The first-order valence-electron chi connectivity index (χ1n) is 2.40. The van der Waals surface area contributed by atoms with Gasteiger partial charge in [0.05, 0.1) is 5.69 Å². The molecule has 51 valence electrons. The van der Waals surface area contributed by atoms with E-state index in [0.29, 0.717) is 0 Å². The van der Waals surface area contributed by atoms with Gasteiger partial charge in [0.25, 0.3) is 0 Å². The van der Waals surface area contributed by atoms with Gasteiger partial charge in [-0.05, 0) is 6.92 Å². The monoisotopic (exact) mass is 299 g/mol. The molecule has 1 rings (SSSR count). The Labute approximate surface area is 67.3 Å². The molecule has 1 aromatic rings. The summed E-state index contributed by atoms with van der Waals surface area (Å²) in [4.78, 5) is 0. The van der Waals surface area contributed by atoms with Crippen LogP contribution in [0.3, 0.4) is 0 Å². The molecule has 0 saturated heterocycles. The van der Waals surface area contributed by atoms with Crippen LogP contribution in [0.25, 0.3) is 0 Å². The Morgan fingerprint density at radius 3 is 2.33 bits per heavy atom. The van der Waals surface area contributed by atoms with Crippen LogP contribution in [-0.4, -0.2) is 14.9 Å². The van der Waals surface area contributed by atoms with Gasteiger partial charge in [0.1, 0.15) is 0 Å². The van der Waals surface area contributed by atoms with Crippen molar-refractivity contribution in [2.45, 2.75) is 6.92 Å². The molecule has 0 aliphatic carbocycles. The van der Waals surface area contributed by atoms with Crippen molar-refractivity contribution in [3.63, 3.8) is 0 Å². The molecule has 0 atom stereocenters. The summed E-state index contributed by atoms with van der Waals surface area (Å²) in [6, 6.07) is 1.61. The predicted molar refractivity (Wildman–Crippen MR) is 29.6 cm³/mol. The molecule has 3 nitrogen and oxygen atoms in total. The van der Waals surface area contributed by atoms with E-state index < -0.39 is 0 Å². The summed E-state index contributed by atoms with van der Waals surface area (Å²) in [6.07, 6.45) is 0. The van der Waals surface area contributed by atoms with E-state index in [0.717, 1.165) is 5.69 Å². The molecule has 0 unspecified atom stereocenters. The largest absolute Gasteiger partial charge is 0.493 e. The molecule has 0 aliphatic heterocycles. The third kappa shape index (κ3) is 1.81. The summed E-state index contributed by atoms with van der Waals surface area (Å²) in [5, 5.41) is 12.7. The van der Waals surface area contributed by atoms with Crippen molar-refractivity contribution in [3.8, 4) is 5.88 Å². The zero-order valence-corrected chi connectivity index (χ0v) is 8.01. The van der Waals surface area contributed by atoms with E-state index in [2.05, 4.69) is 5.10 Å². The fraction of sp³-hybridized carbons (Fsp3) is 0.400. The van der Waals surface area contributed by atoms with Gasteiger partial charge in [-0.25, -0.2) is 4.68 Å². The standard InChI is InChI=1S/C5H8N2O.Re/c1-4-3-5(8)7(2)6-4;/h3,8H,1-2H3;. The molecular formula is C5H8N2ORe. The summed E-state index contributed by atoms with van der Waals surface area (Å²) in [5.41, 5.74) is 0.838. The van der Waals surface area contributed by atoms with Crippen molar-refractivity contribution in [3.05, 3.63) is 11.8 Å². The number of hydrogen-bond donors (Lipinski definition) is 1. The van der Waals surface area contributed by atoms with Crippen molar-refractivity contribution < 1.29 is 25.5 Å². The van der Waals surface area contributed by atoms with Crippen molar-refractivity contribution in [1.82, 2.24) is 9.78 Å². The molecule has 0 amide bonds. The maximum atomic E-state index is 8.84. The second-order valence-electron chi connectivity index (χ2n) is 1.77. The van der Waals surface area contributed by atoms with Crippen LogP contribution in [0, 0.1) is 6.92 Å². The second kappa shape index (κ2) is 3.00. The molecule has 0 aromatic carbocycles. The molecule has 0 saturated carbocycles. The Bertz CT molecular complexity index is 177. The first-order valence-corrected chi connectivity index (χ1v) is 2.40. The third-order valence-electron chi connectivity index (χ3n) is 0.977. The van der Waals surface area contributed by atoms with Crippen LogP contribution in [0.1, 0.15) is 5.69 Å². The van der Waals surface area contributed by atoms with Gasteiger partial charge in [0, 0.05) is 33.5 Å². The molecule has 1 radical (unpaired) electrons. The number of rotatable bonds is 0. The van der Waals surface area contributed by atoms with Crippen LogP contribution < -0.4 is 0 Å². The molecule has 1 N–H and O–H groups in total. The SMILES string of the molecule is Cc1cc(O)n(C)n1.[Re]. The van der Waals surface area contributed by atoms with E-state index in [4.69, 9.17) is 5.11 Å². The average Bonchev–Trinajstić information content (AvgIpc) is 1.85. The Kier molecular flexibility index (Phi) is 2.89. The summed E-state index contributed by atoms with van der Waals surface area (Å²) in [5.74, 6) is 0.211. The summed E-state index contributed by atoms with van der Waals surface area (Å²) in [7, 11) is 1.70. The molecule has 1 aromatic heterocycles. The van der Waals surface area contributed by atoms with Gasteiger partial charge in [-0.1, -0.05) is 0 Å². The van der Waals surface area contributed by atoms with Gasteiger partial charge in [-0.2, -0.15) is 5.10 Å². The van der Waals surface area contributed by atoms with Crippen LogP contribution in [0.4, 0.5) is 0 Å². The zero-order valence-electron chi connectivity index (χ0n) is 5.30. The molecule has 0 aliphatic rings. The van der Waals surface area contributed by atoms with Crippen molar-refractivity contribution in [2.24, 2.45) is 7.05 Å². The molecule has 0 spiro atoms. The van der Waals surface area contributed by atoms with E-state index >= 15 is 0 Å². The van der Waals surface area contributed by atoms with Crippen molar-refractivity contribution in [2.75, 3.05) is 0 Å². The summed E-state index contributed by atoms with van der Waals surface area (Å²) in [6.45, 7) is 1.83. The molecule has 9 heavy (non-hydrogen) atoms.